The minimum absolute atomic E-state index is 0.682. The van der Waals surface area contributed by atoms with Gasteiger partial charge in [0.15, 0.2) is 0 Å². The first kappa shape index (κ1) is 15.3. The van der Waals surface area contributed by atoms with E-state index in [1.54, 1.807) is 7.11 Å². The van der Waals surface area contributed by atoms with Crippen molar-refractivity contribution in [3.63, 3.8) is 0 Å². The highest BCUT2D eigenvalue weighted by molar-refractivity contribution is 5.51. The van der Waals surface area contributed by atoms with Crippen LogP contribution in [0.5, 0.6) is 5.75 Å². The predicted octanol–water partition coefficient (Wildman–Crippen LogP) is 2.75. The zero-order valence-electron chi connectivity index (χ0n) is 12.7. The number of pyridine rings is 1. The molecule has 0 radical (unpaired) electrons. The third-order valence-electron chi connectivity index (χ3n) is 3.51. The zero-order valence-corrected chi connectivity index (χ0v) is 12.7. The highest BCUT2D eigenvalue weighted by Crippen LogP contribution is 2.23. The smallest absolute Gasteiger partial charge is 0.120 e. The van der Waals surface area contributed by atoms with E-state index >= 15 is 0 Å². The van der Waals surface area contributed by atoms with Crippen LogP contribution in [0.3, 0.4) is 0 Å². The maximum Gasteiger partial charge on any atom is 0.120 e. The number of nitrogens with zero attached hydrogens (tertiary/aromatic N) is 2. The highest BCUT2D eigenvalue weighted by Gasteiger charge is 2.10. The van der Waals surface area contributed by atoms with Crippen LogP contribution < -0.4 is 15.4 Å². The third-order valence-corrected chi connectivity index (χ3v) is 3.51. The lowest BCUT2D eigenvalue weighted by molar-refractivity contribution is 0.414. The third kappa shape index (κ3) is 4.20. The summed E-state index contributed by atoms with van der Waals surface area (Å²) in [7, 11) is 1.69. The molecular weight excluding hydrogens is 262 g/mol. The first-order valence-electron chi connectivity index (χ1n) is 7.24. The van der Waals surface area contributed by atoms with Crippen molar-refractivity contribution < 1.29 is 4.74 Å². The number of hydrogen-bond acceptors (Lipinski definition) is 4. The highest BCUT2D eigenvalue weighted by atomic mass is 16.5. The lowest BCUT2D eigenvalue weighted by Crippen LogP contribution is -2.26. The Kier molecular flexibility index (Phi) is 5.58. The molecular formula is C17H23N3O. The maximum atomic E-state index is 5.67. The van der Waals surface area contributed by atoms with Gasteiger partial charge in [-0.05, 0) is 43.7 Å². The molecule has 1 aromatic carbocycles. The van der Waals surface area contributed by atoms with Crippen molar-refractivity contribution in [2.45, 2.75) is 19.9 Å². The molecule has 4 nitrogen and oxygen atoms in total. The molecule has 2 rings (SSSR count). The number of aryl methyl sites for hydroxylation is 1. The zero-order chi connectivity index (χ0) is 15.1. The van der Waals surface area contributed by atoms with Crippen LogP contribution in [0, 0.1) is 6.92 Å². The molecule has 21 heavy (non-hydrogen) atoms. The maximum absolute atomic E-state index is 5.67. The molecule has 1 aromatic heterocycles. The van der Waals surface area contributed by atoms with Crippen LogP contribution in [-0.2, 0) is 6.54 Å². The van der Waals surface area contributed by atoms with Gasteiger partial charge in [0.1, 0.15) is 5.75 Å². The van der Waals surface area contributed by atoms with Crippen LogP contribution in [-0.4, -0.2) is 25.2 Å². The number of aromatic nitrogens is 1. The van der Waals surface area contributed by atoms with Gasteiger partial charge in [0.05, 0.1) is 19.3 Å². The van der Waals surface area contributed by atoms with E-state index in [2.05, 4.69) is 35.0 Å². The van der Waals surface area contributed by atoms with Crippen molar-refractivity contribution in [2.24, 2.45) is 5.73 Å². The molecule has 0 aliphatic rings. The van der Waals surface area contributed by atoms with Gasteiger partial charge in [-0.1, -0.05) is 12.1 Å². The Hall–Kier alpha value is -2.07. The van der Waals surface area contributed by atoms with Crippen molar-refractivity contribution >= 4 is 5.69 Å². The van der Waals surface area contributed by atoms with Gasteiger partial charge in [0.25, 0.3) is 0 Å². The van der Waals surface area contributed by atoms with Crippen molar-refractivity contribution in [1.29, 1.82) is 0 Å². The average molecular weight is 285 g/mol. The Morgan fingerprint density at radius 2 is 2.10 bits per heavy atom. The SMILES string of the molecule is COc1cccc(N(CCCN)Cc2ncccc2C)c1. The topological polar surface area (TPSA) is 51.4 Å². The van der Waals surface area contributed by atoms with Crippen molar-refractivity contribution in [3.05, 3.63) is 53.9 Å². The van der Waals surface area contributed by atoms with E-state index in [4.69, 9.17) is 10.5 Å². The number of rotatable bonds is 7. The van der Waals surface area contributed by atoms with E-state index in [9.17, 15) is 0 Å². The summed E-state index contributed by atoms with van der Waals surface area (Å²) in [6, 6.07) is 12.2. The number of hydrogen-bond donors (Lipinski definition) is 1. The van der Waals surface area contributed by atoms with Crippen LogP contribution in [0.15, 0.2) is 42.6 Å². The Bertz CT molecular complexity index is 571. The van der Waals surface area contributed by atoms with Crippen molar-refractivity contribution in [1.82, 2.24) is 4.98 Å². The Morgan fingerprint density at radius 3 is 2.81 bits per heavy atom. The second-order valence-electron chi connectivity index (χ2n) is 5.03. The summed E-state index contributed by atoms with van der Waals surface area (Å²) in [4.78, 5) is 6.79. The Morgan fingerprint density at radius 1 is 1.24 bits per heavy atom. The molecule has 0 amide bonds. The van der Waals surface area contributed by atoms with E-state index in [1.807, 2.05) is 24.4 Å². The van der Waals surface area contributed by atoms with Gasteiger partial charge >= 0.3 is 0 Å². The van der Waals surface area contributed by atoms with Gasteiger partial charge in [0.2, 0.25) is 0 Å². The Labute approximate surface area is 126 Å². The summed E-state index contributed by atoms with van der Waals surface area (Å²) in [6.45, 7) is 4.45. The molecule has 4 heteroatoms. The fourth-order valence-electron chi connectivity index (χ4n) is 2.25. The van der Waals surface area contributed by atoms with Crippen LogP contribution >= 0.6 is 0 Å². The summed E-state index contributed by atoms with van der Waals surface area (Å²) in [5.41, 5.74) is 9.10. The predicted molar refractivity (Wildman–Crippen MR) is 86.7 cm³/mol. The van der Waals surface area contributed by atoms with Gasteiger partial charge in [-0.3, -0.25) is 4.98 Å². The second-order valence-corrected chi connectivity index (χ2v) is 5.03. The number of nitrogens with two attached hydrogens (primary N) is 1. The standard InChI is InChI=1S/C17H23N3O/c1-14-6-4-10-19-17(14)13-20(11-5-9-18)15-7-3-8-16(12-15)21-2/h3-4,6-8,10,12H,5,9,11,13,18H2,1-2H3. The molecule has 0 aliphatic heterocycles. The monoisotopic (exact) mass is 285 g/mol. The minimum atomic E-state index is 0.682. The first-order chi connectivity index (χ1) is 10.2. The molecule has 0 saturated carbocycles. The molecule has 0 spiro atoms. The summed E-state index contributed by atoms with van der Waals surface area (Å²) < 4.78 is 5.32. The quantitative estimate of drug-likeness (QED) is 0.850. The molecule has 2 N–H and O–H groups in total. The lowest BCUT2D eigenvalue weighted by atomic mass is 10.2. The molecule has 112 valence electrons. The number of ether oxygens (including phenoxy) is 1. The van der Waals surface area contributed by atoms with Gasteiger partial charge in [-0.25, -0.2) is 0 Å². The number of anilines is 1. The van der Waals surface area contributed by atoms with E-state index in [1.165, 1.54) is 5.56 Å². The van der Waals surface area contributed by atoms with Crippen LogP contribution in [0.2, 0.25) is 0 Å². The summed E-state index contributed by atoms with van der Waals surface area (Å²) in [6.07, 6.45) is 2.79. The minimum Gasteiger partial charge on any atom is -0.497 e. The Balaban J connectivity index is 2.23. The molecule has 2 aromatic rings. The number of benzene rings is 1. The molecule has 0 bridgehead atoms. The van der Waals surface area contributed by atoms with Crippen molar-refractivity contribution in [3.8, 4) is 5.75 Å². The fraction of sp³-hybridized carbons (Fsp3) is 0.353. The van der Waals surface area contributed by atoms with Crippen molar-refractivity contribution in [2.75, 3.05) is 25.1 Å². The fourth-order valence-corrected chi connectivity index (χ4v) is 2.25. The normalized spacial score (nSPS) is 10.4. The van der Waals surface area contributed by atoms with Gasteiger partial charge < -0.3 is 15.4 Å². The van der Waals surface area contributed by atoms with E-state index in [0.29, 0.717) is 6.54 Å². The van der Waals surface area contributed by atoms with Crippen LogP contribution in [0.1, 0.15) is 17.7 Å². The number of methoxy groups -OCH3 is 1. The molecule has 1 heterocycles. The lowest BCUT2D eigenvalue weighted by Gasteiger charge is -2.25. The van der Waals surface area contributed by atoms with E-state index in [0.717, 1.165) is 36.6 Å². The second kappa shape index (κ2) is 7.64. The molecule has 0 atom stereocenters. The van der Waals surface area contributed by atoms with Crippen LogP contribution in [0.25, 0.3) is 0 Å². The summed E-state index contributed by atoms with van der Waals surface area (Å²) >= 11 is 0. The summed E-state index contributed by atoms with van der Waals surface area (Å²) in [5.74, 6) is 0.864. The molecule has 0 saturated heterocycles. The van der Waals surface area contributed by atoms with E-state index < -0.39 is 0 Å². The average Bonchev–Trinajstić information content (AvgIpc) is 2.53. The largest absolute Gasteiger partial charge is 0.497 e. The van der Waals surface area contributed by atoms with E-state index in [-0.39, 0.29) is 0 Å². The van der Waals surface area contributed by atoms with Gasteiger partial charge in [-0.2, -0.15) is 0 Å². The first-order valence-corrected chi connectivity index (χ1v) is 7.24. The summed E-state index contributed by atoms with van der Waals surface area (Å²) in [5, 5.41) is 0. The molecule has 0 aliphatic carbocycles. The van der Waals surface area contributed by atoms with Crippen LogP contribution in [0.4, 0.5) is 5.69 Å². The molecule has 0 unspecified atom stereocenters. The van der Waals surface area contributed by atoms with Gasteiger partial charge in [-0.15, -0.1) is 0 Å². The van der Waals surface area contributed by atoms with Gasteiger partial charge in [0, 0.05) is 24.5 Å². The molecule has 0 fully saturated rings.